The number of carbonyl (C=O) groups excluding carboxylic acids is 1. The van der Waals surface area contributed by atoms with Crippen LogP contribution in [0.15, 0.2) is 57.0 Å². The number of hydrogen-bond donors (Lipinski definition) is 1. The number of carbonyl (C=O) groups is 1. The molecule has 0 spiro atoms. The van der Waals surface area contributed by atoms with E-state index in [9.17, 15) is 9.59 Å². The van der Waals surface area contributed by atoms with Gasteiger partial charge in [-0.3, -0.25) is 9.78 Å². The van der Waals surface area contributed by atoms with Crippen molar-refractivity contribution in [1.82, 2.24) is 10.4 Å². The van der Waals surface area contributed by atoms with Crippen molar-refractivity contribution in [3.05, 3.63) is 74.3 Å². The van der Waals surface area contributed by atoms with Crippen molar-refractivity contribution in [2.75, 3.05) is 0 Å². The third kappa shape index (κ3) is 3.70. The largest absolute Gasteiger partial charge is 0.421 e. The van der Waals surface area contributed by atoms with Crippen LogP contribution in [0, 0.1) is 0 Å². The molecule has 0 unspecified atom stereocenters. The molecule has 8 heteroatoms. The predicted molar refractivity (Wildman–Crippen MR) is 96.4 cm³/mol. The Morgan fingerprint density at radius 1 is 1.20 bits per heavy atom. The Hall–Kier alpha value is -2.70. The summed E-state index contributed by atoms with van der Waals surface area (Å²) in [5, 5.41) is 5.17. The van der Waals surface area contributed by atoms with Crippen molar-refractivity contribution in [2.24, 2.45) is 5.10 Å². The van der Waals surface area contributed by atoms with Crippen LogP contribution in [-0.4, -0.2) is 16.6 Å². The summed E-state index contributed by atoms with van der Waals surface area (Å²) in [5.74, 6) is -0.419. The SMILES string of the molecule is C/C(=N\NC(=O)c1ccncc1)c1cc2cc(Cl)cc(Cl)c2oc1=O. The molecule has 25 heavy (non-hydrogen) atoms. The maximum atomic E-state index is 12.2. The highest BCUT2D eigenvalue weighted by Gasteiger charge is 2.12. The van der Waals surface area contributed by atoms with Gasteiger partial charge < -0.3 is 4.42 Å². The molecule has 0 aliphatic carbocycles. The first kappa shape index (κ1) is 17.1. The van der Waals surface area contributed by atoms with Gasteiger partial charge in [-0.2, -0.15) is 5.10 Å². The summed E-state index contributed by atoms with van der Waals surface area (Å²) in [4.78, 5) is 28.0. The van der Waals surface area contributed by atoms with Crippen LogP contribution in [0.4, 0.5) is 0 Å². The average Bonchev–Trinajstić information content (AvgIpc) is 2.60. The first-order valence-corrected chi connectivity index (χ1v) is 7.89. The second-order valence-corrected chi connectivity index (χ2v) is 5.97. The normalized spacial score (nSPS) is 11.6. The summed E-state index contributed by atoms with van der Waals surface area (Å²) in [6.07, 6.45) is 2.99. The number of nitrogens with one attached hydrogen (secondary N) is 1. The molecule has 1 amide bonds. The maximum Gasteiger partial charge on any atom is 0.345 e. The summed E-state index contributed by atoms with van der Waals surface area (Å²) in [7, 11) is 0. The molecule has 2 aromatic heterocycles. The third-order valence-electron chi connectivity index (χ3n) is 3.41. The molecule has 0 aliphatic rings. The number of benzene rings is 1. The third-order valence-corrected chi connectivity index (χ3v) is 3.91. The first-order chi connectivity index (χ1) is 12.0. The van der Waals surface area contributed by atoms with E-state index in [-0.39, 0.29) is 21.9 Å². The number of amides is 1. The van der Waals surface area contributed by atoms with Gasteiger partial charge in [0.25, 0.3) is 5.91 Å². The van der Waals surface area contributed by atoms with Gasteiger partial charge in [-0.1, -0.05) is 23.2 Å². The fourth-order valence-corrected chi connectivity index (χ4v) is 2.72. The fourth-order valence-electron chi connectivity index (χ4n) is 2.17. The highest BCUT2D eigenvalue weighted by molar-refractivity contribution is 6.38. The summed E-state index contributed by atoms with van der Waals surface area (Å²) >= 11 is 12.0. The fraction of sp³-hybridized carbons (Fsp3) is 0.0588. The molecule has 0 aliphatic heterocycles. The lowest BCUT2D eigenvalue weighted by Crippen LogP contribution is -2.21. The lowest BCUT2D eigenvalue weighted by molar-refractivity contribution is 0.0954. The van der Waals surface area contributed by atoms with Crippen molar-refractivity contribution in [1.29, 1.82) is 0 Å². The standard InChI is InChI=1S/C17H11Cl2N3O3/c1-9(21-22-16(23)10-2-4-20-5-3-10)13-7-11-6-12(18)8-14(19)15(11)25-17(13)24/h2-8H,1H3,(H,22,23)/b21-9+. The van der Waals surface area contributed by atoms with E-state index in [2.05, 4.69) is 15.5 Å². The van der Waals surface area contributed by atoms with E-state index in [0.29, 0.717) is 16.0 Å². The monoisotopic (exact) mass is 375 g/mol. The van der Waals surface area contributed by atoms with E-state index in [1.54, 1.807) is 31.2 Å². The second kappa shape index (κ2) is 7.04. The van der Waals surface area contributed by atoms with Crippen molar-refractivity contribution in [2.45, 2.75) is 6.92 Å². The molecule has 126 valence electrons. The van der Waals surface area contributed by atoms with Gasteiger partial charge in [0.15, 0.2) is 5.58 Å². The molecule has 0 bridgehead atoms. The zero-order valence-electron chi connectivity index (χ0n) is 12.9. The average molecular weight is 376 g/mol. The van der Waals surface area contributed by atoms with Gasteiger partial charge in [-0.25, -0.2) is 10.2 Å². The molecule has 0 atom stereocenters. The van der Waals surface area contributed by atoms with Crippen LogP contribution < -0.4 is 11.1 Å². The Labute approximate surface area is 152 Å². The maximum absolute atomic E-state index is 12.2. The summed E-state index contributed by atoms with van der Waals surface area (Å²) in [5.41, 5.74) is 2.89. The van der Waals surface area contributed by atoms with Gasteiger partial charge in [-0.05, 0) is 37.3 Å². The van der Waals surface area contributed by atoms with Gasteiger partial charge in [0.1, 0.15) is 0 Å². The minimum Gasteiger partial charge on any atom is -0.421 e. The molecule has 1 aromatic carbocycles. The predicted octanol–water partition coefficient (Wildman–Crippen LogP) is 3.65. The molecule has 3 rings (SSSR count). The van der Waals surface area contributed by atoms with Gasteiger partial charge in [0.2, 0.25) is 0 Å². The molecule has 0 saturated heterocycles. The van der Waals surface area contributed by atoms with Crippen LogP contribution in [0.25, 0.3) is 11.0 Å². The Morgan fingerprint density at radius 3 is 2.64 bits per heavy atom. The number of hydrazone groups is 1. The van der Waals surface area contributed by atoms with E-state index in [0.717, 1.165) is 0 Å². The number of aromatic nitrogens is 1. The number of pyridine rings is 1. The molecule has 2 heterocycles. The van der Waals surface area contributed by atoms with Crippen LogP contribution in [-0.2, 0) is 0 Å². The molecular weight excluding hydrogens is 365 g/mol. The van der Waals surface area contributed by atoms with Crippen LogP contribution in [0.2, 0.25) is 10.0 Å². The second-order valence-electron chi connectivity index (χ2n) is 5.13. The lowest BCUT2D eigenvalue weighted by Gasteiger charge is -2.05. The first-order valence-electron chi connectivity index (χ1n) is 7.13. The van der Waals surface area contributed by atoms with Gasteiger partial charge in [0.05, 0.1) is 16.3 Å². The van der Waals surface area contributed by atoms with Crippen molar-refractivity contribution in [3.8, 4) is 0 Å². The van der Waals surface area contributed by atoms with Crippen molar-refractivity contribution < 1.29 is 9.21 Å². The van der Waals surface area contributed by atoms with E-state index < -0.39 is 11.5 Å². The zero-order valence-corrected chi connectivity index (χ0v) is 14.4. The Bertz CT molecular complexity index is 1050. The van der Waals surface area contributed by atoms with E-state index >= 15 is 0 Å². The van der Waals surface area contributed by atoms with Crippen LogP contribution >= 0.6 is 23.2 Å². The van der Waals surface area contributed by atoms with Crippen LogP contribution in [0.3, 0.4) is 0 Å². The quantitative estimate of drug-likeness (QED) is 0.430. The number of rotatable bonds is 3. The van der Waals surface area contributed by atoms with Crippen LogP contribution in [0.5, 0.6) is 0 Å². The molecule has 6 nitrogen and oxygen atoms in total. The number of hydrogen-bond acceptors (Lipinski definition) is 5. The Balaban J connectivity index is 1.94. The van der Waals surface area contributed by atoms with Gasteiger partial charge in [0, 0.05) is 28.4 Å². The minimum absolute atomic E-state index is 0.195. The van der Waals surface area contributed by atoms with Gasteiger partial charge in [-0.15, -0.1) is 0 Å². The van der Waals surface area contributed by atoms with E-state index in [4.69, 9.17) is 27.6 Å². The highest BCUT2D eigenvalue weighted by atomic mass is 35.5. The number of nitrogens with zero attached hydrogens (tertiary/aromatic N) is 2. The van der Waals surface area contributed by atoms with E-state index in [1.807, 2.05) is 0 Å². The molecule has 1 N–H and O–H groups in total. The minimum atomic E-state index is -0.615. The van der Waals surface area contributed by atoms with Crippen LogP contribution in [0.1, 0.15) is 22.8 Å². The van der Waals surface area contributed by atoms with Crippen molar-refractivity contribution >= 4 is 45.8 Å². The molecule has 0 radical (unpaired) electrons. The summed E-state index contributed by atoms with van der Waals surface area (Å²) in [6.45, 7) is 1.58. The van der Waals surface area contributed by atoms with Crippen molar-refractivity contribution in [3.63, 3.8) is 0 Å². The number of halogens is 2. The molecule has 3 aromatic rings. The number of fused-ring (bicyclic) bond motifs is 1. The molecular formula is C17H11Cl2N3O3. The summed E-state index contributed by atoms with van der Waals surface area (Å²) in [6, 6.07) is 7.78. The van der Waals surface area contributed by atoms with Gasteiger partial charge >= 0.3 is 5.63 Å². The molecule has 0 fully saturated rings. The Kier molecular flexibility index (Phi) is 4.83. The lowest BCUT2D eigenvalue weighted by atomic mass is 10.1. The zero-order chi connectivity index (χ0) is 18.0. The summed E-state index contributed by atoms with van der Waals surface area (Å²) < 4.78 is 5.24. The molecule has 0 saturated carbocycles. The Morgan fingerprint density at radius 2 is 1.92 bits per heavy atom. The van der Waals surface area contributed by atoms with E-state index in [1.165, 1.54) is 18.5 Å². The highest BCUT2D eigenvalue weighted by Crippen LogP contribution is 2.27. The topological polar surface area (TPSA) is 84.6 Å². The smallest absolute Gasteiger partial charge is 0.345 e.